The molecule has 1 amide bonds. The lowest BCUT2D eigenvalue weighted by atomic mass is 9.72. The van der Waals surface area contributed by atoms with E-state index in [2.05, 4.69) is 92.4 Å². The van der Waals surface area contributed by atoms with Crippen LogP contribution in [0.2, 0.25) is 10.0 Å². The predicted molar refractivity (Wildman–Crippen MR) is 542 cm³/mol. The molecule has 14 rings (SSSR count). The van der Waals surface area contributed by atoms with Crippen LogP contribution in [0.3, 0.4) is 0 Å². The van der Waals surface area contributed by atoms with Gasteiger partial charge in [-0.15, -0.1) is 23.5 Å². The summed E-state index contributed by atoms with van der Waals surface area (Å²) in [7, 11) is -21.4. The number of piperazine rings is 4. The van der Waals surface area contributed by atoms with Crippen LogP contribution in [0.5, 0.6) is 0 Å². The lowest BCUT2D eigenvalue weighted by molar-refractivity contribution is -0.0441. The van der Waals surface area contributed by atoms with Crippen LogP contribution in [0.1, 0.15) is 111 Å². The Morgan fingerprint density at radius 3 is 1.18 bits per heavy atom. The lowest BCUT2D eigenvalue weighted by Crippen LogP contribution is -2.49. The summed E-state index contributed by atoms with van der Waals surface area (Å²) in [6.45, 7) is 22.5. The van der Waals surface area contributed by atoms with Gasteiger partial charge in [0, 0.05) is 197 Å². The first kappa shape index (κ1) is 108. The molecule has 0 radical (unpaired) electrons. The number of benzene rings is 8. The van der Waals surface area contributed by atoms with Crippen LogP contribution in [-0.2, 0) is 44.1 Å². The molecule has 22 nitrogen and oxygen atoms in total. The number of halogens is 11. The Labute approximate surface area is 839 Å². The molecule has 4 fully saturated rings. The highest BCUT2D eigenvalue weighted by atomic mass is 35.6. The average Bonchev–Trinajstić information content (AvgIpc) is 0.764. The number of Topliss-reactive ketones (excluding diaryl/α,β-unsaturated/α-hetero) is 2. The molecular weight excluding hydrogens is 2000 g/mol. The number of amides is 1. The number of ether oxygens (including phenoxy) is 1. The summed E-state index contributed by atoms with van der Waals surface area (Å²) in [6.07, 6.45) is 6.45. The molecule has 746 valence electrons. The molecule has 8 aromatic rings. The number of hydrogen-bond donors (Lipinski definition) is 3. The highest BCUT2D eigenvalue weighted by molar-refractivity contribution is 7.99. The first-order valence-electron chi connectivity index (χ1n) is 45.8. The first-order chi connectivity index (χ1) is 65.2. The van der Waals surface area contributed by atoms with E-state index < -0.39 is 127 Å². The van der Waals surface area contributed by atoms with Gasteiger partial charge in [0.1, 0.15) is 27.9 Å². The minimum atomic E-state index is -6.11. The quantitative estimate of drug-likeness (QED) is 0.0144. The summed E-state index contributed by atoms with van der Waals surface area (Å²) in [4.78, 5) is 52.4. The van der Waals surface area contributed by atoms with Crippen molar-refractivity contribution in [2.75, 3.05) is 181 Å². The third kappa shape index (κ3) is 29.8. The molecule has 0 aromatic heterocycles. The fourth-order valence-corrected chi connectivity index (χ4v) is 24.9. The molecular formula is C99H115Cl5F6N10O12S6. The Kier molecular flexibility index (Phi) is 36.5. The van der Waals surface area contributed by atoms with Crippen molar-refractivity contribution < 1.29 is 79.1 Å². The minimum absolute atomic E-state index is 0.0779. The Hall–Kier alpha value is -7.62. The molecule has 3 N–H and O–H groups in total. The van der Waals surface area contributed by atoms with Gasteiger partial charge in [0.25, 0.3) is 19.7 Å². The van der Waals surface area contributed by atoms with E-state index >= 15 is 0 Å². The molecule has 6 aliphatic rings. The smallest absolute Gasteiger partial charge is 0.445 e. The maximum Gasteiger partial charge on any atom is 0.501 e. The number of sulfone groups is 4. The van der Waals surface area contributed by atoms with Gasteiger partial charge in [-0.3, -0.25) is 24.3 Å². The second-order valence-electron chi connectivity index (χ2n) is 37.2. The molecule has 0 saturated carbocycles. The molecule has 2 atom stereocenters. The summed E-state index contributed by atoms with van der Waals surface area (Å²) in [5, 5.41) is 10.7. The normalized spacial score (nSPS) is 18.1. The molecule has 2 aliphatic carbocycles. The maximum atomic E-state index is 14.3. The highest BCUT2D eigenvalue weighted by Crippen LogP contribution is 2.47. The van der Waals surface area contributed by atoms with Gasteiger partial charge in [0.15, 0.2) is 31.2 Å². The Balaban J connectivity index is 0.000000234. The Bertz CT molecular complexity index is 6090. The Morgan fingerprint density at radius 1 is 0.457 bits per heavy atom. The van der Waals surface area contributed by atoms with Crippen molar-refractivity contribution in [2.24, 2.45) is 10.8 Å². The molecule has 4 heterocycles. The summed E-state index contributed by atoms with van der Waals surface area (Å²) in [5.41, 5.74) is -1.83. The van der Waals surface area contributed by atoms with Crippen LogP contribution >= 0.6 is 81.5 Å². The highest BCUT2D eigenvalue weighted by Gasteiger charge is 2.50. The number of carbonyl (C=O) groups excluding carboxylic acids is 3. The third-order valence-electron chi connectivity index (χ3n) is 25.8. The van der Waals surface area contributed by atoms with Crippen molar-refractivity contribution in [3.63, 3.8) is 0 Å². The molecule has 4 aliphatic heterocycles. The first-order valence-corrected chi connectivity index (χ1v) is 55.9. The van der Waals surface area contributed by atoms with E-state index in [9.17, 15) is 74.4 Å². The topological polar surface area (TPSA) is 256 Å². The van der Waals surface area contributed by atoms with Crippen molar-refractivity contribution in [3.8, 4) is 0 Å². The van der Waals surface area contributed by atoms with E-state index in [0.29, 0.717) is 61.9 Å². The van der Waals surface area contributed by atoms with Gasteiger partial charge < -0.3 is 40.3 Å². The zero-order valence-electron chi connectivity index (χ0n) is 77.1. The molecule has 0 bridgehead atoms. The van der Waals surface area contributed by atoms with Crippen molar-refractivity contribution in [1.29, 1.82) is 0 Å². The largest absolute Gasteiger partial charge is 0.501 e. The fraction of sp³-hybridized carbons (Fsp3) is 0.444. The van der Waals surface area contributed by atoms with Crippen LogP contribution in [0.15, 0.2) is 235 Å². The van der Waals surface area contributed by atoms with E-state index in [0.717, 1.165) is 181 Å². The number of anilines is 4. The zero-order valence-corrected chi connectivity index (χ0v) is 85.8. The van der Waals surface area contributed by atoms with Crippen molar-refractivity contribution in [3.05, 3.63) is 238 Å². The number of rotatable bonds is 35. The molecule has 39 heteroatoms. The standard InChI is InChI=1S/C51H58Cl4F3N5O7S3.C48H57ClF3N5O5S3/c1-49(2)20-18-44(36-8-12-39(52)13-9-36)38(31-49)32-61-24-26-62(27-25-61)41-14-10-37(11-15-41)46(64)34-72(66,67)43-16-17-45(47(30-43)73(68,69)51(56,57)58)59-40(33-71-42-6-4-3-5-7-42)19-21-60-22-28-63(29-23-60)48(65)70-35-50(53,54)55;1-47(2)20-18-43(35-8-12-38(49)13-9-35)37(31-47)32-56-26-28-57(29-27-56)40-14-10-36(11-15-40)45(58)34-64(59,60)42-16-17-44(46(30-42)65(61,62)48(50,51)52)54-39(19-23-55-24-21-53-22-25-55)33-63-41-6-4-3-5-7-41/h3-17,30,40,59H,18-29,31-35H2,1-2H3;3-17,30,39,53-54H,18-29,31-34H2,1-2H3/t40-;39-/m11/s1. The minimum Gasteiger partial charge on any atom is -0.445 e. The number of allylic oxidation sites excluding steroid dienone is 2. The van der Waals surface area contributed by atoms with Crippen LogP contribution in [-0.4, -0.2) is 263 Å². The Morgan fingerprint density at radius 2 is 0.819 bits per heavy atom. The summed E-state index contributed by atoms with van der Waals surface area (Å²) >= 11 is 32.4. The number of ketones is 2. The van der Waals surface area contributed by atoms with Gasteiger partial charge >= 0.3 is 17.1 Å². The van der Waals surface area contributed by atoms with Gasteiger partial charge in [-0.1, -0.05) is 158 Å². The van der Waals surface area contributed by atoms with E-state index in [1.54, 1.807) is 36.4 Å². The monoisotopic (exact) mass is 2120 g/mol. The molecule has 8 aromatic carbocycles. The van der Waals surface area contributed by atoms with Gasteiger partial charge in [0.05, 0.1) is 21.2 Å². The van der Waals surface area contributed by atoms with E-state index in [4.69, 9.17) is 62.7 Å². The van der Waals surface area contributed by atoms with E-state index in [1.807, 2.05) is 89.8 Å². The van der Waals surface area contributed by atoms with Crippen molar-refractivity contribution >= 4 is 172 Å². The second kappa shape index (κ2) is 46.8. The number of hydrogen-bond acceptors (Lipinski definition) is 23. The third-order valence-corrected chi connectivity index (χ3v) is 35.2. The summed E-state index contributed by atoms with van der Waals surface area (Å²) in [5.74, 6) is -3.06. The number of alkyl halides is 9. The fourth-order valence-electron chi connectivity index (χ4n) is 18.0. The molecule has 0 unspecified atom stereocenters. The lowest BCUT2D eigenvalue weighted by Gasteiger charge is -2.39. The average molecular weight is 2120 g/mol. The second-order valence-corrected chi connectivity index (χ2v) is 50.5. The number of thioether (sulfide) groups is 2. The van der Waals surface area contributed by atoms with Gasteiger partial charge in [0.2, 0.25) is 3.79 Å². The zero-order chi connectivity index (χ0) is 99.2. The SMILES string of the molecule is CC1(C)CCC(c2ccc(Cl)cc2)=C(CN2CCN(c3ccc(C(=O)CS(=O)(=O)c4ccc(N[C@H](CCN5CCN(C(=O)OCC(Cl)(Cl)Cl)CC5)CSc5ccccc5)c(S(=O)(=O)C(F)(F)F)c4)cc3)CC2)C1.CC1(C)CCC(c2ccc(Cl)cc2)=C(CN2CCN(c3ccc(C(=O)CS(=O)(=O)c4ccc(N[C@H](CCN5CCNCC5)CSc5ccccc5)c(S(=O)(=O)C(F)(F)F)c4)cc3)CC2)C1. The van der Waals surface area contributed by atoms with Crippen molar-refractivity contribution in [2.45, 2.75) is 135 Å². The van der Waals surface area contributed by atoms with Crippen LogP contribution in [0.4, 0.5) is 53.9 Å². The van der Waals surface area contributed by atoms with Gasteiger partial charge in [-0.2, -0.15) is 26.3 Å². The van der Waals surface area contributed by atoms with E-state index in [-0.39, 0.29) is 46.5 Å². The maximum absolute atomic E-state index is 14.3. The van der Waals surface area contributed by atoms with Crippen molar-refractivity contribution in [1.82, 2.24) is 29.8 Å². The summed E-state index contributed by atoms with van der Waals surface area (Å²) in [6, 6.07) is 52.0. The number of carbonyl (C=O) groups is 3. The number of nitrogens with one attached hydrogen (secondary N) is 3. The van der Waals surface area contributed by atoms with E-state index in [1.165, 1.54) is 74.0 Å². The number of nitrogens with zero attached hydrogens (tertiary/aromatic N) is 7. The molecule has 138 heavy (non-hydrogen) atoms. The van der Waals surface area contributed by atoms with Crippen LogP contribution < -0.4 is 25.8 Å². The molecule has 0 spiro atoms. The van der Waals surface area contributed by atoms with Gasteiger partial charge in [-0.05, 0) is 218 Å². The van der Waals surface area contributed by atoms with Gasteiger partial charge in [-0.25, -0.2) is 38.5 Å². The van der Waals surface area contributed by atoms with Crippen LogP contribution in [0.25, 0.3) is 11.1 Å². The summed E-state index contributed by atoms with van der Waals surface area (Å²) < 4.78 is 196. The molecule has 4 saturated heterocycles. The predicted octanol–water partition coefficient (Wildman–Crippen LogP) is 20.1. The van der Waals surface area contributed by atoms with Crippen LogP contribution in [0, 0.1) is 10.8 Å².